The van der Waals surface area contributed by atoms with Crippen LogP contribution in [0.3, 0.4) is 0 Å². The Morgan fingerprint density at radius 2 is 1.73 bits per heavy atom. The Bertz CT molecular complexity index is 586. The van der Waals surface area contributed by atoms with Gasteiger partial charge < -0.3 is 14.6 Å². The van der Waals surface area contributed by atoms with Crippen molar-refractivity contribution in [2.75, 3.05) is 13.2 Å². The van der Waals surface area contributed by atoms with Crippen LogP contribution in [0.2, 0.25) is 0 Å². The summed E-state index contributed by atoms with van der Waals surface area (Å²) in [6.07, 6.45) is 2.91. The first kappa shape index (κ1) is 15.7. The first-order valence-corrected chi connectivity index (χ1v) is 8.25. The third kappa shape index (κ3) is 2.07. The fourth-order valence-corrected chi connectivity index (χ4v) is 4.02. The van der Waals surface area contributed by atoms with Crippen LogP contribution in [0.5, 0.6) is 0 Å². The van der Waals surface area contributed by atoms with E-state index >= 15 is 0 Å². The predicted molar refractivity (Wildman–Crippen MR) is 86.3 cm³/mol. The van der Waals surface area contributed by atoms with E-state index in [1.807, 2.05) is 31.2 Å². The Labute approximate surface area is 132 Å². The van der Waals surface area contributed by atoms with E-state index in [2.05, 4.69) is 26.8 Å². The molecule has 0 radical (unpaired) electrons. The largest absolute Gasteiger partial charge is 0.380 e. The zero-order chi connectivity index (χ0) is 16.0. The fourth-order valence-electron chi connectivity index (χ4n) is 4.02. The molecular weight excluding hydrogens is 276 g/mol. The van der Waals surface area contributed by atoms with Crippen LogP contribution in [0.25, 0.3) is 0 Å². The number of aliphatic hydroxyl groups is 1. The molecule has 3 rings (SSSR count). The first-order valence-electron chi connectivity index (χ1n) is 8.25. The van der Waals surface area contributed by atoms with Gasteiger partial charge in [0.25, 0.3) is 0 Å². The Morgan fingerprint density at radius 3 is 2.23 bits per heavy atom. The Morgan fingerprint density at radius 1 is 1.14 bits per heavy atom. The average molecular weight is 302 g/mol. The van der Waals surface area contributed by atoms with E-state index in [-0.39, 0.29) is 5.92 Å². The van der Waals surface area contributed by atoms with Gasteiger partial charge in [-0.2, -0.15) is 0 Å². The lowest BCUT2D eigenvalue weighted by atomic mass is 9.75. The molecule has 1 heterocycles. The second kappa shape index (κ2) is 5.48. The van der Waals surface area contributed by atoms with Crippen molar-refractivity contribution in [2.24, 2.45) is 11.8 Å². The van der Waals surface area contributed by atoms with Crippen LogP contribution in [0.1, 0.15) is 45.2 Å². The molecule has 1 aliphatic heterocycles. The van der Waals surface area contributed by atoms with Gasteiger partial charge in [-0.3, -0.25) is 0 Å². The molecule has 0 bridgehead atoms. The van der Waals surface area contributed by atoms with Crippen molar-refractivity contribution in [3.05, 3.63) is 47.0 Å². The Balaban J connectivity index is 2.15. The molecule has 0 saturated carbocycles. The molecule has 1 N–H and O–H groups in total. The van der Waals surface area contributed by atoms with E-state index in [1.54, 1.807) is 0 Å². The van der Waals surface area contributed by atoms with Gasteiger partial charge in [0, 0.05) is 12.0 Å². The summed E-state index contributed by atoms with van der Waals surface area (Å²) in [6.45, 7) is 9.56. The predicted octanol–water partition coefficient (Wildman–Crippen LogP) is 3.72. The molecule has 1 fully saturated rings. The van der Waals surface area contributed by atoms with Crippen LogP contribution < -0.4 is 0 Å². The molecule has 120 valence electrons. The average Bonchev–Trinajstić information content (AvgIpc) is 3.09. The molecule has 2 aliphatic rings. The Kier molecular flexibility index (Phi) is 3.92. The maximum Gasteiger partial charge on any atom is 0.195 e. The van der Waals surface area contributed by atoms with Crippen LogP contribution in [-0.4, -0.2) is 18.3 Å². The lowest BCUT2D eigenvalue weighted by molar-refractivity contribution is -0.169. The van der Waals surface area contributed by atoms with E-state index in [9.17, 15) is 5.11 Å². The fraction of sp³-hybridized carbons (Fsp3) is 0.579. The number of hydrogen-bond donors (Lipinski definition) is 1. The third-order valence-electron chi connectivity index (χ3n) is 5.53. The van der Waals surface area contributed by atoms with Gasteiger partial charge in [-0.25, -0.2) is 0 Å². The zero-order valence-electron chi connectivity index (χ0n) is 13.9. The molecule has 1 aliphatic carbocycles. The quantitative estimate of drug-likeness (QED) is 0.865. The number of ether oxygens (including phenoxy) is 2. The van der Waals surface area contributed by atoms with Gasteiger partial charge in [0.1, 0.15) is 5.60 Å². The van der Waals surface area contributed by atoms with Gasteiger partial charge in [0.2, 0.25) is 0 Å². The monoisotopic (exact) mass is 302 g/mol. The summed E-state index contributed by atoms with van der Waals surface area (Å²) in [5.74, 6) is -0.247. The normalized spacial score (nSPS) is 34.0. The second-order valence-electron chi connectivity index (χ2n) is 6.61. The van der Waals surface area contributed by atoms with Crippen LogP contribution in [0.4, 0.5) is 0 Å². The van der Waals surface area contributed by atoms with Gasteiger partial charge in [-0.1, -0.05) is 51.1 Å². The highest BCUT2D eigenvalue weighted by Gasteiger charge is 2.49. The summed E-state index contributed by atoms with van der Waals surface area (Å²) in [4.78, 5) is 0. The molecule has 1 saturated heterocycles. The maximum atomic E-state index is 11.5. The summed E-state index contributed by atoms with van der Waals surface area (Å²) < 4.78 is 11.9. The first-order chi connectivity index (χ1) is 10.5. The number of benzene rings is 1. The van der Waals surface area contributed by atoms with Crippen molar-refractivity contribution in [2.45, 2.75) is 45.5 Å². The van der Waals surface area contributed by atoms with Crippen molar-refractivity contribution < 1.29 is 14.6 Å². The number of allylic oxidation sites excluding steroid dienone is 1. The number of hydrogen-bond acceptors (Lipinski definition) is 3. The molecule has 3 heteroatoms. The van der Waals surface area contributed by atoms with Gasteiger partial charge in [0.15, 0.2) is 5.79 Å². The molecule has 3 atom stereocenters. The molecule has 0 spiro atoms. The van der Waals surface area contributed by atoms with E-state index in [0.29, 0.717) is 19.1 Å². The maximum absolute atomic E-state index is 11.5. The molecule has 1 aromatic carbocycles. The van der Waals surface area contributed by atoms with Crippen LogP contribution >= 0.6 is 0 Å². The highest BCUT2D eigenvalue weighted by atomic mass is 16.7. The topological polar surface area (TPSA) is 38.7 Å². The van der Waals surface area contributed by atoms with E-state index in [0.717, 1.165) is 23.1 Å². The van der Waals surface area contributed by atoms with Crippen molar-refractivity contribution in [1.82, 2.24) is 0 Å². The third-order valence-corrected chi connectivity index (χ3v) is 5.53. The number of rotatable bonds is 3. The molecule has 3 unspecified atom stereocenters. The minimum absolute atomic E-state index is 0.129. The highest BCUT2D eigenvalue weighted by Crippen LogP contribution is 2.50. The SMILES string of the molecule is CCC1(c2ccccc2C2(O)C(C)=CC(C)C2C)OCCO1. The highest BCUT2D eigenvalue weighted by molar-refractivity contribution is 5.44. The van der Waals surface area contributed by atoms with Crippen molar-refractivity contribution in [3.8, 4) is 0 Å². The summed E-state index contributed by atoms with van der Waals surface area (Å²) in [5, 5.41) is 11.5. The second-order valence-corrected chi connectivity index (χ2v) is 6.61. The molecule has 0 amide bonds. The van der Waals surface area contributed by atoms with Gasteiger partial charge in [0.05, 0.1) is 13.2 Å². The van der Waals surface area contributed by atoms with Crippen LogP contribution in [0.15, 0.2) is 35.9 Å². The van der Waals surface area contributed by atoms with Crippen molar-refractivity contribution in [1.29, 1.82) is 0 Å². The van der Waals surface area contributed by atoms with Crippen LogP contribution in [0, 0.1) is 11.8 Å². The molecular formula is C19H26O3. The summed E-state index contributed by atoms with van der Waals surface area (Å²) in [7, 11) is 0. The van der Waals surface area contributed by atoms with Crippen LogP contribution in [-0.2, 0) is 20.9 Å². The molecule has 1 aromatic rings. The standard InChI is InChI=1S/C19H26O3/c1-5-18(21-10-11-22-18)16-8-6-7-9-17(16)19(20)14(3)12-13(2)15(19)4/h6-9,12-13,15,20H,5,10-11H2,1-4H3. The summed E-state index contributed by atoms with van der Waals surface area (Å²) >= 11 is 0. The zero-order valence-corrected chi connectivity index (χ0v) is 13.9. The summed E-state index contributed by atoms with van der Waals surface area (Å²) in [5.41, 5.74) is 1.95. The van der Waals surface area contributed by atoms with Gasteiger partial charge in [-0.05, 0) is 29.9 Å². The minimum Gasteiger partial charge on any atom is -0.380 e. The molecule has 0 aromatic heterocycles. The van der Waals surface area contributed by atoms with E-state index in [4.69, 9.17) is 9.47 Å². The minimum atomic E-state index is -0.951. The lowest BCUT2D eigenvalue weighted by Gasteiger charge is -2.38. The van der Waals surface area contributed by atoms with Gasteiger partial charge >= 0.3 is 0 Å². The van der Waals surface area contributed by atoms with Crippen molar-refractivity contribution >= 4 is 0 Å². The summed E-state index contributed by atoms with van der Waals surface area (Å²) in [6, 6.07) is 8.03. The Hall–Kier alpha value is -1.16. The molecule has 22 heavy (non-hydrogen) atoms. The van der Waals surface area contributed by atoms with E-state index in [1.165, 1.54) is 0 Å². The van der Waals surface area contributed by atoms with E-state index < -0.39 is 11.4 Å². The molecule has 3 nitrogen and oxygen atoms in total. The van der Waals surface area contributed by atoms with Gasteiger partial charge in [-0.15, -0.1) is 0 Å². The smallest absolute Gasteiger partial charge is 0.195 e. The lowest BCUT2D eigenvalue weighted by Crippen LogP contribution is -2.38. The van der Waals surface area contributed by atoms with Crippen molar-refractivity contribution in [3.63, 3.8) is 0 Å².